The number of nitrogens with zero attached hydrogens (tertiary/aromatic N) is 2. The van der Waals surface area contributed by atoms with E-state index in [1.165, 1.54) is 48.5 Å². The van der Waals surface area contributed by atoms with Gasteiger partial charge in [-0.1, -0.05) is 12.8 Å². The number of carbonyl (C=O) groups excluding carboxylic acids is 2. The Hall–Kier alpha value is -3.82. The van der Waals surface area contributed by atoms with Gasteiger partial charge < -0.3 is 9.47 Å². The van der Waals surface area contributed by atoms with E-state index in [1.807, 2.05) is 0 Å². The lowest BCUT2D eigenvalue weighted by atomic mass is 9.95. The molecule has 0 aromatic heterocycles. The van der Waals surface area contributed by atoms with E-state index < -0.39 is 34.0 Å². The summed E-state index contributed by atoms with van der Waals surface area (Å²) in [7, 11) is 0. The minimum atomic E-state index is -0.667. The number of esters is 2. The van der Waals surface area contributed by atoms with Crippen LogP contribution in [-0.2, 0) is 9.47 Å². The van der Waals surface area contributed by atoms with E-state index in [4.69, 9.17) is 9.47 Å². The van der Waals surface area contributed by atoms with Crippen LogP contribution in [0, 0.1) is 20.2 Å². The van der Waals surface area contributed by atoms with Crippen LogP contribution in [0.4, 0.5) is 11.4 Å². The third kappa shape index (κ3) is 5.87. The van der Waals surface area contributed by atoms with E-state index in [-0.39, 0.29) is 22.5 Å². The zero-order valence-corrected chi connectivity index (χ0v) is 17.2. The predicted molar refractivity (Wildman–Crippen MR) is 112 cm³/mol. The van der Waals surface area contributed by atoms with Crippen molar-refractivity contribution in [2.24, 2.45) is 0 Å². The maximum Gasteiger partial charge on any atom is 0.338 e. The molecule has 2 aromatic rings. The highest BCUT2D eigenvalue weighted by Crippen LogP contribution is 2.25. The fraction of sp³-hybridized carbons (Fsp3) is 0.364. The smallest absolute Gasteiger partial charge is 0.338 e. The van der Waals surface area contributed by atoms with Crippen LogP contribution < -0.4 is 0 Å². The number of nitro benzene ring substituents is 2. The van der Waals surface area contributed by atoms with Gasteiger partial charge in [-0.05, 0) is 49.9 Å². The summed E-state index contributed by atoms with van der Waals surface area (Å²) < 4.78 is 11.3. The van der Waals surface area contributed by atoms with Gasteiger partial charge in [-0.25, -0.2) is 9.59 Å². The number of non-ortho nitro benzene ring substituents is 2. The average molecular weight is 442 g/mol. The summed E-state index contributed by atoms with van der Waals surface area (Å²) in [6.07, 6.45) is 3.21. The fourth-order valence-electron chi connectivity index (χ4n) is 3.54. The quantitative estimate of drug-likeness (QED) is 0.359. The van der Waals surface area contributed by atoms with Crippen molar-refractivity contribution in [3.8, 4) is 0 Å². The standard InChI is InChI=1S/C22H22N2O8/c25-21(15-7-11-17(12-8-15)23(27)28)31-19-5-3-1-2-4-6-20(19)32-22(26)16-9-13-18(14-10-16)24(29)30/h7-14,19-20H,1-6H2/t19-,20-/m1/s1. The van der Waals surface area contributed by atoms with Crippen molar-refractivity contribution in [1.29, 1.82) is 0 Å². The molecule has 3 rings (SSSR count). The Bertz CT molecular complexity index is 906. The Balaban J connectivity index is 1.71. The highest BCUT2D eigenvalue weighted by Gasteiger charge is 2.30. The van der Waals surface area contributed by atoms with Crippen LogP contribution in [0.2, 0.25) is 0 Å². The second-order valence-electron chi connectivity index (χ2n) is 7.49. The summed E-state index contributed by atoms with van der Waals surface area (Å²) in [5.74, 6) is -1.30. The van der Waals surface area contributed by atoms with Crippen molar-refractivity contribution in [2.45, 2.75) is 50.7 Å². The summed E-state index contributed by atoms with van der Waals surface area (Å²) in [5.41, 5.74) is 0.0565. The van der Waals surface area contributed by atoms with Crippen LogP contribution >= 0.6 is 0 Å². The molecule has 1 fully saturated rings. The first kappa shape index (κ1) is 22.9. The number of nitro groups is 2. The molecule has 1 aliphatic carbocycles. The molecule has 10 nitrogen and oxygen atoms in total. The van der Waals surface area contributed by atoms with Crippen molar-refractivity contribution >= 4 is 23.3 Å². The lowest BCUT2D eigenvalue weighted by Gasteiger charge is -2.29. The SMILES string of the molecule is O=C(O[C@@H]1CCCCCC[C@H]1OC(=O)c1ccc([N+](=O)[O-])cc1)c1ccc([N+](=O)[O-])cc1. The van der Waals surface area contributed by atoms with Gasteiger partial charge in [-0.2, -0.15) is 0 Å². The lowest BCUT2D eigenvalue weighted by Crippen LogP contribution is -2.36. The van der Waals surface area contributed by atoms with E-state index in [0.717, 1.165) is 25.7 Å². The second kappa shape index (κ2) is 10.5. The first-order chi connectivity index (χ1) is 15.3. The zero-order valence-electron chi connectivity index (χ0n) is 17.2. The van der Waals surface area contributed by atoms with E-state index in [2.05, 4.69) is 0 Å². The van der Waals surface area contributed by atoms with Crippen molar-refractivity contribution in [2.75, 3.05) is 0 Å². The van der Waals surface area contributed by atoms with E-state index in [0.29, 0.717) is 12.8 Å². The third-order valence-corrected chi connectivity index (χ3v) is 5.29. The molecule has 168 valence electrons. The van der Waals surface area contributed by atoms with Crippen LogP contribution in [0.1, 0.15) is 59.2 Å². The van der Waals surface area contributed by atoms with E-state index in [1.54, 1.807) is 0 Å². The second-order valence-corrected chi connectivity index (χ2v) is 7.49. The van der Waals surface area contributed by atoms with Gasteiger partial charge in [0.15, 0.2) is 0 Å². The van der Waals surface area contributed by atoms with Crippen molar-refractivity contribution in [3.05, 3.63) is 79.9 Å². The van der Waals surface area contributed by atoms with Crippen LogP contribution in [-0.4, -0.2) is 34.0 Å². The molecule has 10 heteroatoms. The van der Waals surface area contributed by atoms with Crippen LogP contribution in [0.3, 0.4) is 0 Å². The van der Waals surface area contributed by atoms with Crippen molar-refractivity contribution in [1.82, 2.24) is 0 Å². The summed E-state index contributed by atoms with van der Waals surface area (Å²) in [6.45, 7) is 0. The molecule has 2 atom stereocenters. The molecule has 0 amide bonds. The number of hydrogen-bond donors (Lipinski definition) is 0. The number of benzene rings is 2. The average Bonchev–Trinajstić information content (AvgIpc) is 2.78. The van der Waals surface area contributed by atoms with Crippen LogP contribution in [0.15, 0.2) is 48.5 Å². The zero-order chi connectivity index (χ0) is 23.1. The molecule has 0 radical (unpaired) electrons. The van der Waals surface area contributed by atoms with Crippen LogP contribution in [0.25, 0.3) is 0 Å². The molecule has 0 saturated heterocycles. The molecule has 1 saturated carbocycles. The number of ether oxygens (including phenoxy) is 2. The van der Waals surface area contributed by atoms with Crippen molar-refractivity contribution in [3.63, 3.8) is 0 Å². The summed E-state index contributed by atoms with van der Waals surface area (Å²) >= 11 is 0. The molecule has 1 aliphatic rings. The largest absolute Gasteiger partial charge is 0.455 e. The topological polar surface area (TPSA) is 139 Å². The Labute approximate surface area is 183 Å². The van der Waals surface area contributed by atoms with Gasteiger partial charge in [-0.15, -0.1) is 0 Å². The van der Waals surface area contributed by atoms with Crippen LogP contribution in [0.5, 0.6) is 0 Å². The minimum absolute atomic E-state index is 0.137. The van der Waals surface area contributed by atoms with Gasteiger partial charge >= 0.3 is 11.9 Å². The normalized spacial score (nSPS) is 18.6. The van der Waals surface area contributed by atoms with E-state index >= 15 is 0 Å². The predicted octanol–water partition coefficient (Wildman–Crippen LogP) is 4.61. The molecular formula is C22H22N2O8. The monoisotopic (exact) mass is 442 g/mol. The first-order valence-corrected chi connectivity index (χ1v) is 10.3. The highest BCUT2D eigenvalue weighted by molar-refractivity contribution is 5.90. The third-order valence-electron chi connectivity index (χ3n) is 5.29. The molecule has 0 spiro atoms. The first-order valence-electron chi connectivity index (χ1n) is 10.3. The van der Waals surface area contributed by atoms with Gasteiger partial charge in [0, 0.05) is 24.3 Å². The van der Waals surface area contributed by atoms with Gasteiger partial charge in [0.25, 0.3) is 11.4 Å². The lowest BCUT2D eigenvalue weighted by molar-refractivity contribution is -0.385. The summed E-state index contributed by atoms with van der Waals surface area (Å²) in [4.78, 5) is 45.7. The number of rotatable bonds is 6. The molecule has 32 heavy (non-hydrogen) atoms. The minimum Gasteiger partial charge on any atom is -0.455 e. The maximum atomic E-state index is 12.6. The Kier molecular flexibility index (Phi) is 7.48. The molecule has 0 bridgehead atoms. The fourth-order valence-corrected chi connectivity index (χ4v) is 3.54. The number of carbonyl (C=O) groups is 2. The van der Waals surface area contributed by atoms with E-state index in [9.17, 15) is 29.8 Å². The van der Waals surface area contributed by atoms with Gasteiger partial charge in [-0.3, -0.25) is 20.2 Å². The molecule has 0 heterocycles. The van der Waals surface area contributed by atoms with Gasteiger partial charge in [0.05, 0.1) is 21.0 Å². The number of hydrogen-bond acceptors (Lipinski definition) is 8. The summed E-state index contributed by atoms with van der Waals surface area (Å²) in [5, 5.41) is 21.6. The molecule has 0 aliphatic heterocycles. The maximum absolute atomic E-state index is 12.6. The van der Waals surface area contributed by atoms with Gasteiger partial charge in [0.2, 0.25) is 0 Å². The Morgan fingerprint density at radius 3 is 1.31 bits per heavy atom. The van der Waals surface area contributed by atoms with Crippen molar-refractivity contribution < 1.29 is 28.9 Å². The molecule has 2 aromatic carbocycles. The summed E-state index contributed by atoms with van der Waals surface area (Å²) in [6, 6.07) is 10.2. The Morgan fingerprint density at radius 1 is 0.656 bits per heavy atom. The molecular weight excluding hydrogens is 420 g/mol. The Morgan fingerprint density at radius 2 is 1.00 bits per heavy atom. The van der Waals surface area contributed by atoms with Gasteiger partial charge in [0.1, 0.15) is 12.2 Å². The highest BCUT2D eigenvalue weighted by atomic mass is 16.6. The molecule has 0 N–H and O–H groups in total. The molecule has 0 unspecified atom stereocenters.